The van der Waals surface area contributed by atoms with E-state index in [1.807, 2.05) is 13.8 Å². The van der Waals surface area contributed by atoms with E-state index in [0.717, 1.165) is 19.5 Å². The van der Waals surface area contributed by atoms with Crippen LogP contribution < -0.4 is 5.32 Å². The maximum atomic E-state index is 9.60. The summed E-state index contributed by atoms with van der Waals surface area (Å²) >= 11 is 0. The van der Waals surface area contributed by atoms with E-state index in [4.69, 9.17) is 0 Å². The zero-order valence-electron chi connectivity index (χ0n) is 7.26. The molecule has 0 aromatic rings. The first-order chi connectivity index (χ1) is 4.61. The number of halogens is 1. The molecule has 2 N–H and O–H groups in total. The van der Waals surface area contributed by atoms with E-state index in [1.165, 1.54) is 6.42 Å². The number of nitrogens with one attached hydrogen (secondary N) is 1. The van der Waals surface area contributed by atoms with E-state index in [9.17, 15) is 5.11 Å². The van der Waals surface area contributed by atoms with Crippen LogP contribution in [0.15, 0.2) is 0 Å². The van der Waals surface area contributed by atoms with Crippen LogP contribution in [0.3, 0.4) is 0 Å². The van der Waals surface area contributed by atoms with Gasteiger partial charge in [-0.3, -0.25) is 0 Å². The minimum atomic E-state index is -0.493. The Labute approximate surface area is 74.8 Å². The molecule has 0 aromatic heterocycles. The SMILES string of the molecule is CC(C)(O)C1CCCNC1.Cl. The minimum Gasteiger partial charge on any atom is -0.390 e. The van der Waals surface area contributed by atoms with Crippen LogP contribution in [0, 0.1) is 5.92 Å². The summed E-state index contributed by atoms with van der Waals surface area (Å²) in [6.45, 7) is 5.88. The van der Waals surface area contributed by atoms with E-state index in [-0.39, 0.29) is 12.4 Å². The van der Waals surface area contributed by atoms with Crippen molar-refractivity contribution in [1.29, 1.82) is 0 Å². The fourth-order valence-electron chi connectivity index (χ4n) is 1.45. The first-order valence-electron chi connectivity index (χ1n) is 4.04. The molecule has 0 amide bonds. The summed E-state index contributed by atoms with van der Waals surface area (Å²) < 4.78 is 0. The van der Waals surface area contributed by atoms with Gasteiger partial charge in [-0.05, 0) is 39.2 Å². The van der Waals surface area contributed by atoms with Crippen molar-refractivity contribution >= 4 is 12.4 Å². The summed E-state index contributed by atoms with van der Waals surface area (Å²) in [5.41, 5.74) is -0.493. The summed E-state index contributed by atoms with van der Waals surface area (Å²) in [6.07, 6.45) is 2.37. The van der Waals surface area contributed by atoms with Gasteiger partial charge in [0.25, 0.3) is 0 Å². The van der Waals surface area contributed by atoms with Crippen molar-refractivity contribution in [2.24, 2.45) is 5.92 Å². The monoisotopic (exact) mass is 179 g/mol. The highest BCUT2D eigenvalue weighted by molar-refractivity contribution is 5.85. The zero-order valence-corrected chi connectivity index (χ0v) is 8.08. The Kier molecular flexibility index (Phi) is 4.37. The van der Waals surface area contributed by atoms with Gasteiger partial charge in [-0.2, -0.15) is 0 Å². The first-order valence-corrected chi connectivity index (χ1v) is 4.04. The molecule has 0 aromatic carbocycles. The van der Waals surface area contributed by atoms with Gasteiger partial charge in [-0.15, -0.1) is 12.4 Å². The molecule has 0 saturated carbocycles. The Morgan fingerprint density at radius 3 is 2.36 bits per heavy atom. The van der Waals surface area contributed by atoms with Crippen molar-refractivity contribution in [3.05, 3.63) is 0 Å². The van der Waals surface area contributed by atoms with Gasteiger partial charge in [-0.25, -0.2) is 0 Å². The summed E-state index contributed by atoms with van der Waals surface area (Å²) in [4.78, 5) is 0. The smallest absolute Gasteiger partial charge is 0.0631 e. The van der Waals surface area contributed by atoms with Crippen LogP contribution in [-0.4, -0.2) is 23.8 Å². The third-order valence-corrected chi connectivity index (χ3v) is 2.30. The molecule has 2 nitrogen and oxygen atoms in total. The van der Waals surface area contributed by atoms with Gasteiger partial charge in [-0.1, -0.05) is 0 Å². The third kappa shape index (κ3) is 3.41. The Morgan fingerprint density at radius 1 is 1.45 bits per heavy atom. The number of aliphatic hydroxyl groups is 1. The molecular weight excluding hydrogens is 162 g/mol. The highest BCUT2D eigenvalue weighted by Gasteiger charge is 2.27. The molecule has 11 heavy (non-hydrogen) atoms. The molecular formula is C8H18ClNO. The van der Waals surface area contributed by atoms with E-state index in [1.54, 1.807) is 0 Å². The predicted octanol–water partition coefficient (Wildman–Crippen LogP) is 1.18. The normalized spacial score (nSPS) is 25.9. The Hall–Kier alpha value is 0.210. The lowest BCUT2D eigenvalue weighted by Gasteiger charge is -2.32. The van der Waals surface area contributed by atoms with Crippen molar-refractivity contribution in [2.75, 3.05) is 13.1 Å². The van der Waals surface area contributed by atoms with E-state index in [0.29, 0.717) is 5.92 Å². The zero-order chi connectivity index (χ0) is 7.61. The standard InChI is InChI=1S/C8H17NO.ClH/c1-8(2,10)7-4-3-5-9-6-7;/h7,9-10H,3-6H2,1-2H3;1H. The van der Waals surface area contributed by atoms with Crippen molar-refractivity contribution in [1.82, 2.24) is 5.32 Å². The minimum absolute atomic E-state index is 0. The van der Waals surface area contributed by atoms with Crippen LogP contribution in [0.4, 0.5) is 0 Å². The van der Waals surface area contributed by atoms with Crippen molar-refractivity contribution in [3.8, 4) is 0 Å². The molecule has 0 radical (unpaired) electrons. The van der Waals surface area contributed by atoms with E-state index < -0.39 is 5.60 Å². The summed E-state index contributed by atoms with van der Waals surface area (Å²) in [6, 6.07) is 0. The van der Waals surface area contributed by atoms with Gasteiger partial charge in [0.15, 0.2) is 0 Å². The lowest BCUT2D eigenvalue weighted by molar-refractivity contribution is 0.00686. The third-order valence-electron chi connectivity index (χ3n) is 2.30. The molecule has 1 saturated heterocycles. The molecule has 1 fully saturated rings. The first kappa shape index (κ1) is 11.2. The lowest BCUT2D eigenvalue weighted by Crippen LogP contribution is -2.42. The average Bonchev–Trinajstić information content (AvgIpc) is 1.88. The topological polar surface area (TPSA) is 32.3 Å². The molecule has 1 heterocycles. The van der Waals surface area contributed by atoms with Crippen molar-refractivity contribution < 1.29 is 5.11 Å². The highest BCUT2D eigenvalue weighted by Crippen LogP contribution is 2.22. The number of hydrogen-bond acceptors (Lipinski definition) is 2. The van der Waals surface area contributed by atoms with Gasteiger partial charge in [0.1, 0.15) is 0 Å². The van der Waals surface area contributed by atoms with Gasteiger partial charge in [0, 0.05) is 6.54 Å². The van der Waals surface area contributed by atoms with Crippen LogP contribution in [0.2, 0.25) is 0 Å². The summed E-state index contributed by atoms with van der Waals surface area (Å²) in [5.74, 6) is 0.446. The van der Waals surface area contributed by atoms with Gasteiger partial charge in [0.2, 0.25) is 0 Å². The molecule has 1 aliphatic rings. The molecule has 1 aliphatic heterocycles. The quantitative estimate of drug-likeness (QED) is 0.634. The van der Waals surface area contributed by atoms with Gasteiger partial charge < -0.3 is 10.4 Å². The maximum Gasteiger partial charge on any atom is 0.0631 e. The summed E-state index contributed by atoms with van der Waals surface area (Å²) in [5, 5.41) is 12.9. The van der Waals surface area contributed by atoms with E-state index >= 15 is 0 Å². The molecule has 3 heteroatoms. The predicted molar refractivity (Wildman–Crippen MR) is 49.1 cm³/mol. The van der Waals surface area contributed by atoms with Crippen LogP contribution >= 0.6 is 12.4 Å². The number of rotatable bonds is 1. The molecule has 0 bridgehead atoms. The second kappa shape index (κ2) is 4.29. The number of hydrogen-bond donors (Lipinski definition) is 2. The fourth-order valence-corrected chi connectivity index (χ4v) is 1.45. The highest BCUT2D eigenvalue weighted by atomic mass is 35.5. The second-order valence-electron chi connectivity index (χ2n) is 3.70. The molecule has 68 valence electrons. The van der Waals surface area contributed by atoms with E-state index in [2.05, 4.69) is 5.32 Å². The molecule has 0 spiro atoms. The Balaban J connectivity index is 0.000001000. The van der Waals surface area contributed by atoms with Crippen LogP contribution in [0.5, 0.6) is 0 Å². The molecule has 1 atom stereocenters. The largest absolute Gasteiger partial charge is 0.390 e. The maximum absolute atomic E-state index is 9.60. The molecule has 0 aliphatic carbocycles. The van der Waals surface area contributed by atoms with Crippen LogP contribution in [0.25, 0.3) is 0 Å². The number of piperidine rings is 1. The van der Waals surface area contributed by atoms with Gasteiger partial charge >= 0.3 is 0 Å². The van der Waals surface area contributed by atoms with Crippen LogP contribution in [-0.2, 0) is 0 Å². The Bertz CT molecular complexity index is 105. The molecule has 1 unspecified atom stereocenters. The van der Waals surface area contributed by atoms with Crippen molar-refractivity contribution in [3.63, 3.8) is 0 Å². The van der Waals surface area contributed by atoms with Crippen LogP contribution in [0.1, 0.15) is 26.7 Å². The Morgan fingerprint density at radius 2 is 2.09 bits per heavy atom. The fraction of sp³-hybridized carbons (Fsp3) is 1.00. The second-order valence-corrected chi connectivity index (χ2v) is 3.70. The molecule has 1 rings (SSSR count). The summed E-state index contributed by atoms with van der Waals surface area (Å²) in [7, 11) is 0. The average molecular weight is 180 g/mol. The lowest BCUT2D eigenvalue weighted by atomic mass is 9.85. The van der Waals surface area contributed by atoms with Gasteiger partial charge in [0.05, 0.1) is 5.60 Å². The van der Waals surface area contributed by atoms with Crippen molar-refractivity contribution in [2.45, 2.75) is 32.3 Å².